The second kappa shape index (κ2) is 6.55. The minimum absolute atomic E-state index is 0.121. The van der Waals surface area contributed by atoms with Gasteiger partial charge in [0, 0.05) is 13.7 Å². The molecule has 0 unspecified atom stereocenters. The first-order valence-corrected chi connectivity index (χ1v) is 6.65. The minimum Gasteiger partial charge on any atom is -0.368 e. The fourth-order valence-electron chi connectivity index (χ4n) is 0.194. The van der Waals surface area contributed by atoms with Gasteiger partial charge in [-0.15, -0.1) is 0 Å². The van der Waals surface area contributed by atoms with E-state index in [0.717, 1.165) is 7.11 Å². The van der Waals surface area contributed by atoms with Crippen molar-refractivity contribution < 1.29 is 37.6 Å². The van der Waals surface area contributed by atoms with Gasteiger partial charge in [0.05, 0.1) is 0 Å². The van der Waals surface area contributed by atoms with Gasteiger partial charge in [0.15, 0.2) is 0 Å². The first-order valence-electron chi connectivity index (χ1n) is 3.15. The van der Waals surface area contributed by atoms with Gasteiger partial charge in [-0.05, 0) is 6.92 Å². The van der Waals surface area contributed by atoms with Crippen molar-refractivity contribution in [3.05, 3.63) is 0 Å². The zero-order valence-electron chi connectivity index (χ0n) is 7.21. The number of hydrogen-bond acceptors (Lipinski definition) is 8. The van der Waals surface area contributed by atoms with Gasteiger partial charge in [-0.1, -0.05) is 0 Å². The first-order chi connectivity index (χ1) is 5.62. The Labute approximate surface area is 77.2 Å². The normalized spacial score (nSPS) is 12.0. The topological polar surface area (TPSA) is 140 Å². The Morgan fingerprint density at radius 1 is 0.923 bits per heavy atom. The highest BCUT2D eigenvalue weighted by Crippen LogP contribution is 1.85. The van der Waals surface area contributed by atoms with Crippen LogP contribution in [0.5, 0.6) is 0 Å². The van der Waals surface area contributed by atoms with E-state index in [4.69, 9.17) is 28.8 Å². The van der Waals surface area contributed by atoms with Crippen LogP contribution in [0.1, 0.15) is 6.92 Å². The van der Waals surface area contributed by atoms with Crippen molar-refractivity contribution in [2.75, 3.05) is 13.7 Å². The van der Waals surface area contributed by atoms with Crippen LogP contribution in [0.3, 0.4) is 0 Å². The van der Waals surface area contributed by atoms with Crippen LogP contribution in [-0.4, -0.2) is 60.6 Å². The third-order valence-electron chi connectivity index (χ3n) is 0.612. The van der Waals surface area contributed by atoms with Crippen LogP contribution < -0.4 is 0 Å². The van der Waals surface area contributed by atoms with E-state index >= 15 is 0 Å². The SMILES string of the molecule is CCO[Si](O)(O)O.CO[Si](O)(O)O. The quantitative estimate of drug-likeness (QED) is 0.276. The lowest BCUT2D eigenvalue weighted by atomic mass is 10.9. The highest BCUT2D eigenvalue weighted by atomic mass is 28.4. The van der Waals surface area contributed by atoms with Crippen LogP contribution in [0.25, 0.3) is 0 Å². The summed E-state index contributed by atoms with van der Waals surface area (Å²) in [5, 5.41) is 0. The van der Waals surface area contributed by atoms with E-state index in [-0.39, 0.29) is 6.61 Å². The molecule has 0 atom stereocenters. The molecule has 0 rings (SSSR count). The Hall–Kier alpha value is 0.114. The monoisotopic (exact) mass is 234 g/mol. The molecular weight excluding hydrogens is 220 g/mol. The van der Waals surface area contributed by atoms with Crippen molar-refractivity contribution in [1.82, 2.24) is 0 Å². The summed E-state index contributed by atoms with van der Waals surface area (Å²) >= 11 is 0. The Morgan fingerprint density at radius 2 is 1.23 bits per heavy atom. The molecule has 0 amide bonds. The van der Waals surface area contributed by atoms with Gasteiger partial charge in [0.25, 0.3) is 0 Å². The lowest BCUT2D eigenvalue weighted by Crippen LogP contribution is -2.38. The average Bonchev–Trinajstić information content (AvgIpc) is 1.84. The molecule has 0 aromatic heterocycles. The summed E-state index contributed by atoms with van der Waals surface area (Å²) in [6, 6.07) is 0. The van der Waals surface area contributed by atoms with Crippen molar-refractivity contribution in [1.29, 1.82) is 0 Å². The molecule has 0 fully saturated rings. The van der Waals surface area contributed by atoms with E-state index < -0.39 is 18.1 Å². The molecule has 0 heterocycles. The maximum Gasteiger partial charge on any atom is 0.671 e. The molecular formula is C3H14O8Si2. The Balaban J connectivity index is 0. The molecule has 0 aliphatic rings. The van der Waals surface area contributed by atoms with Crippen molar-refractivity contribution in [3.8, 4) is 0 Å². The van der Waals surface area contributed by atoms with E-state index in [1.165, 1.54) is 0 Å². The molecule has 0 radical (unpaired) electrons. The van der Waals surface area contributed by atoms with Gasteiger partial charge in [-0.3, -0.25) is 0 Å². The summed E-state index contributed by atoms with van der Waals surface area (Å²) in [5.74, 6) is 0. The molecule has 0 saturated carbocycles. The molecule has 0 aromatic carbocycles. The van der Waals surface area contributed by atoms with E-state index in [1.807, 2.05) is 0 Å². The Morgan fingerprint density at radius 3 is 1.23 bits per heavy atom. The molecule has 0 aliphatic heterocycles. The zero-order valence-corrected chi connectivity index (χ0v) is 9.21. The summed E-state index contributed by atoms with van der Waals surface area (Å²) in [7, 11) is -7.27. The highest BCUT2D eigenvalue weighted by molar-refractivity contribution is 6.48. The third-order valence-corrected chi connectivity index (χ3v) is 1.84. The predicted octanol–water partition coefficient (Wildman–Crippen LogP) is -3.52. The van der Waals surface area contributed by atoms with Crippen LogP contribution in [0.2, 0.25) is 0 Å². The summed E-state index contributed by atoms with van der Waals surface area (Å²) in [5.41, 5.74) is 0. The van der Waals surface area contributed by atoms with Gasteiger partial charge in [0.1, 0.15) is 0 Å². The fourth-order valence-corrected chi connectivity index (χ4v) is 0.581. The van der Waals surface area contributed by atoms with Crippen LogP contribution in [0.15, 0.2) is 0 Å². The third kappa shape index (κ3) is 24.5. The standard InChI is InChI=1S/C2H8O4Si.CH6O4Si/c1-2-6-7(3,4)5;1-5-6(2,3)4/h3-5H,2H2,1H3;2-4H,1H3. The van der Waals surface area contributed by atoms with Crippen LogP contribution in [0.4, 0.5) is 0 Å². The summed E-state index contributed by atoms with van der Waals surface area (Å²) in [6.07, 6.45) is 0. The van der Waals surface area contributed by atoms with Crippen molar-refractivity contribution in [2.45, 2.75) is 6.92 Å². The van der Waals surface area contributed by atoms with E-state index in [9.17, 15) is 0 Å². The van der Waals surface area contributed by atoms with Crippen LogP contribution >= 0.6 is 0 Å². The van der Waals surface area contributed by atoms with E-state index in [0.29, 0.717) is 0 Å². The van der Waals surface area contributed by atoms with Crippen molar-refractivity contribution >= 4 is 18.1 Å². The van der Waals surface area contributed by atoms with E-state index in [1.54, 1.807) is 6.92 Å². The van der Waals surface area contributed by atoms with E-state index in [2.05, 4.69) is 8.85 Å². The maximum absolute atomic E-state index is 8.05. The Kier molecular flexibility index (Phi) is 7.85. The summed E-state index contributed by atoms with van der Waals surface area (Å²) in [6.45, 7) is 1.68. The molecule has 0 spiro atoms. The van der Waals surface area contributed by atoms with Crippen molar-refractivity contribution in [2.24, 2.45) is 0 Å². The Bertz CT molecular complexity index is 116. The molecule has 10 heteroatoms. The van der Waals surface area contributed by atoms with Gasteiger partial charge >= 0.3 is 18.1 Å². The number of rotatable bonds is 3. The van der Waals surface area contributed by atoms with Crippen LogP contribution in [-0.2, 0) is 8.85 Å². The smallest absolute Gasteiger partial charge is 0.368 e. The van der Waals surface area contributed by atoms with Gasteiger partial charge < -0.3 is 37.6 Å². The average molecular weight is 234 g/mol. The van der Waals surface area contributed by atoms with Gasteiger partial charge in [-0.2, -0.15) is 0 Å². The molecule has 82 valence electrons. The lowest BCUT2D eigenvalue weighted by molar-refractivity contribution is 0.0686. The minimum atomic E-state index is -4.16. The predicted molar refractivity (Wildman–Crippen MR) is 43.5 cm³/mol. The second-order valence-electron chi connectivity index (χ2n) is 1.78. The molecule has 0 aromatic rings. The highest BCUT2D eigenvalue weighted by Gasteiger charge is 2.29. The molecule has 0 aliphatic carbocycles. The molecule has 8 nitrogen and oxygen atoms in total. The number of hydrogen-bond donors (Lipinski definition) is 6. The summed E-state index contributed by atoms with van der Waals surface area (Å²) in [4.78, 5) is 47.7. The first kappa shape index (κ1) is 15.6. The van der Waals surface area contributed by atoms with Crippen LogP contribution in [0, 0.1) is 0 Å². The zero-order chi connectivity index (χ0) is 11.1. The molecule has 13 heavy (non-hydrogen) atoms. The van der Waals surface area contributed by atoms with Crippen molar-refractivity contribution in [3.63, 3.8) is 0 Å². The molecule has 6 N–H and O–H groups in total. The van der Waals surface area contributed by atoms with Gasteiger partial charge in [-0.25, -0.2) is 0 Å². The molecule has 0 bridgehead atoms. The molecule has 0 saturated heterocycles. The maximum atomic E-state index is 8.05. The largest absolute Gasteiger partial charge is 0.671 e. The summed E-state index contributed by atoms with van der Waals surface area (Å²) < 4.78 is 7.78. The fraction of sp³-hybridized carbons (Fsp3) is 1.00. The second-order valence-corrected chi connectivity index (χ2v) is 4.78. The lowest BCUT2D eigenvalue weighted by Gasteiger charge is -2.05. The van der Waals surface area contributed by atoms with Gasteiger partial charge in [0.2, 0.25) is 0 Å².